The molecule has 0 saturated heterocycles. The lowest BCUT2D eigenvalue weighted by molar-refractivity contribution is -0.0361. The van der Waals surface area contributed by atoms with Crippen LogP contribution in [-0.4, -0.2) is 40.0 Å². The van der Waals surface area contributed by atoms with Gasteiger partial charge in [-0.3, -0.25) is 0 Å². The lowest BCUT2D eigenvalue weighted by Gasteiger charge is -2.42. The van der Waals surface area contributed by atoms with Gasteiger partial charge in [0.1, 0.15) is 5.75 Å². The van der Waals surface area contributed by atoms with Crippen molar-refractivity contribution in [1.82, 2.24) is 4.72 Å². The molecule has 2 bridgehead atoms. The zero-order chi connectivity index (χ0) is 19.8. The topological polar surface area (TPSA) is 64.6 Å². The Morgan fingerprint density at radius 3 is 2.57 bits per heavy atom. The number of nitrogens with one attached hydrogen (secondary N) is 1. The zero-order valence-electron chi connectivity index (χ0n) is 17.0. The van der Waals surface area contributed by atoms with E-state index in [4.69, 9.17) is 9.47 Å². The van der Waals surface area contributed by atoms with E-state index in [2.05, 4.69) is 35.9 Å². The third-order valence-corrected chi connectivity index (χ3v) is 7.86. The highest BCUT2D eigenvalue weighted by molar-refractivity contribution is 7.88. The van der Waals surface area contributed by atoms with E-state index in [1.807, 2.05) is 0 Å². The van der Waals surface area contributed by atoms with E-state index in [9.17, 15) is 8.42 Å². The van der Waals surface area contributed by atoms with Crippen molar-refractivity contribution in [3.05, 3.63) is 29.8 Å². The summed E-state index contributed by atoms with van der Waals surface area (Å²) >= 11 is 0. The molecule has 5 rings (SSSR count). The minimum absolute atomic E-state index is 0.0654. The first-order valence-electron chi connectivity index (χ1n) is 10.7. The number of benzene rings is 1. The van der Waals surface area contributed by atoms with Crippen LogP contribution in [0.4, 0.5) is 0 Å². The molecule has 0 radical (unpaired) electrons. The normalized spacial score (nSPS) is 36.4. The van der Waals surface area contributed by atoms with Crippen LogP contribution in [0, 0.1) is 11.8 Å². The summed E-state index contributed by atoms with van der Waals surface area (Å²) in [5.74, 6) is 1.46. The lowest BCUT2D eigenvalue weighted by atomic mass is 9.69. The molecule has 2 heterocycles. The van der Waals surface area contributed by atoms with Gasteiger partial charge in [-0.25, -0.2) is 13.1 Å². The Bertz CT molecular complexity index is 785. The molecule has 5 nitrogen and oxygen atoms in total. The van der Waals surface area contributed by atoms with E-state index in [0.29, 0.717) is 19.1 Å². The molecule has 1 unspecified atom stereocenters. The van der Waals surface area contributed by atoms with Gasteiger partial charge in [0.2, 0.25) is 10.0 Å². The van der Waals surface area contributed by atoms with Gasteiger partial charge in [-0.05, 0) is 55.9 Å². The predicted octanol–water partition coefficient (Wildman–Crippen LogP) is 3.63. The molecule has 2 aliphatic heterocycles. The maximum Gasteiger partial charge on any atom is 0.208 e. The van der Waals surface area contributed by atoms with Crippen LogP contribution in [0.1, 0.15) is 57.4 Å². The first kappa shape index (κ1) is 20.2. The molecule has 1 aromatic carbocycles. The number of fused-ring (bicyclic) bond motifs is 4. The number of hydrogen-bond donors (Lipinski definition) is 1. The summed E-state index contributed by atoms with van der Waals surface area (Å²) in [6.07, 6.45) is 8.76. The van der Waals surface area contributed by atoms with Gasteiger partial charge in [0, 0.05) is 17.5 Å². The summed E-state index contributed by atoms with van der Waals surface area (Å²) in [4.78, 5) is 0. The molecule has 156 valence electrons. The molecule has 1 N–H and O–H groups in total. The Hall–Kier alpha value is -1.11. The quantitative estimate of drug-likeness (QED) is 0.813. The van der Waals surface area contributed by atoms with Crippen LogP contribution in [0.25, 0.3) is 0 Å². The van der Waals surface area contributed by atoms with Crippen LogP contribution < -0.4 is 9.46 Å². The first-order chi connectivity index (χ1) is 13.3. The fraction of sp³-hybridized carbons (Fsp3) is 0.727. The molecule has 28 heavy (non-hydrogen) atoms. The number of rotatable bonds is 2. The predicted molar refractivity (Wildman–Crippen MR) is 110 cm³/mol. The number of sulfonamides is 1. The fourth-order valence-electron chi connectivity index (χ4n) is 5.44. The molecular weight excluding hydrogens is 374 g/mol. The molecule has 0 spiro atoms. The van der Waals surface area contributed by atoms with Crippen LogP contribution in [0.3, 0.4) is 0 Å². The Morgan fingerprint density at radius 2 is 1.82 bits per heavy atom. The van der Waals surface area contributed by atoms with E-state index in [1.54, 1.807) is 0 Å². The van der Waals surface area contributed by atoms with Crippen LogP contribution in [0.2, 0.25) is 0 Å². The number of para-hydroxylation sites is 1. The number of hydrogen-bond acceptors (Lipinski definition) is 4. The van der Waals surface area contributed by atoms with Crippen molar-refractivity contribution in [2.45, 2.75) is 69.4 Å². The van der Waals surface area contributed by atoms with Crippen molar-refractivity contribution in [2.24, 2.45) is 11.8 Å². The molecule has 0 amide bonds. The summed E-state index contributed by atoms with van der Waals surface area (Å²) in [5, 5.41) is 0. The van der Waals surface area contributed by atoms with Crippen LogP contribution in [0.15, 0.2) is 24.3 Å². The number of ether oxygens (including phenoxy) is 2. The third-order valence-electron chi connectivity index (χ3n) is 7.13. The van der Waals surface area contributed by atoms with E-state index in [1.165, 1.54) is 11.8 Å². The van der Waals surface area contributed by atoms with E-state index in [0.717, 1.165) is 50.7 Å². The Balaban J connectivity index is 1.63. The highest BCUT2D eigenvalue weighted by atomic mass is 32.2. The van der Waals surface area contributed by atoms with Crippen LogP contribution in [0.5, 0.6) is 5.75 Å². The fourth-order valence-corrected chi connectivity index (χ4v) is 6.28. The Morgan fingerprint density at radius 1 is 1.07 bits per heavy atom. The summed E-state index contributed by atoms with van der Waals surface area (Å²) in [6, 6.07) is 8.41. The highest BCUT2D eigenvalue weighted by Crippen LogP contribution is 2.44. The van der Waals surface area contributed by atoms with Gasteiger partial charge in [0.05, 0.1) is 25.6 Å². The molecule has 1 aromatic rings. The zero-order valence-corrected chi connectivity index (χ0v) is 17.8. The molecule has 4 aliphatic rings. The van der Waals surface area contributed by atoms with Crippen molar-refractivity contribution < 1.29 is 17.9 Å². The van der Waals surface area contributed by atoms with Gasteiger partial charge in [0.15, 0.2) is 0 Å². The third kappa shape index (κ3) is 4.39. The van der Waals surface area contributed by atoms with Gasteiger partial charge in [-0.15, -0.1) is 0 Å². The minimum atomic E-state index is -3.24. The lowest BCUT2D eigenvalue weighted by Crippen LogP contribution is -2.49. The summed E-state index contributed by atoms with van der Waals surface area (Å²) in [6.45, 7) is 3.59. The molecule has 6 heteroatoms. The van der Waals surface area contributed by atoms with Gasteiger partial charge in [-0.1, -0.05) is 31.5 Å². The van der Waals surface area contributed by atoms with Crippen molar-refractivity contribution in [2.75, 3.05) is 19.5 Å². The second-order valence-corrected chi connectivity index (χ2v) is 11.0. The Labute approximate surface area is 169 Å². The maximum atomic E-state index is 11.9. The molecule has 2 fully saturated rings. The van der Waals surface area contributed by atoms with Crippen LogP contribution in [-0.2, 0) is 20.2 Å². The molecule has 3 atom stereocenters. The van der Waals surface area contributed by atoms with Gasteiger partial charge in [-0.2, -0.15) is 0 Å². The smallest absolute Gasteiger partial charge is 0.208 e. The summed E-state index contributed by atoms with van der Waals surface area (Å²) in [5.41, 5.74) is 1.45. The summed E-state index contributed by atoms with van der Waals surface area (Å²) in [7, 11) is -3.24. The van der Waals surface area contributed by atoms with Crippen molar-refractivity contribution in [3.63, 3.8) is 0 Å². The average Bonchev–Trinajstić information content (AvgIpc) is 2.65. The van der Waals surface area contributed by atoms with E-state index < -0.39 is 10.0 Å². The van der Waals surface area contributed by atoms with E-state index >= 15 is 0 Å². The molecule has 2 aliphatic carbocycles. The van der Waals surface area contributed by atoms with Gasteiger partial charge < -0.3 is 9.47 Å². The maximum absolute atomic E-state index is 11.9. The molecule has 2 saturated carbocycles. The average molecular weight is 408 g/mol. The Kier molecular flexibility index (Phi) is 5.73. The van der Waals surface area contributed by atoms with Crippen molar-refractivity contribution in [3.8, 4) is 5.75 Å². The monoisotopic (exact) mass is 407 g/mol. The summed E-state index contributed by atoms with van der Waals surface area (Å²) < 4.78 is 39.4. The second kappa shape index (κ2) is 7.96. The SMILES string of the molecule is CS(=O)(=O)N[C@H]1CCCC2COc3ccccc3[C@]3(C)CC[C@H](CC3)OC[C@H]21. The molecule has 0 aromatic heterocycles. The second-order valence-electron chi connectivity index (χ2n) is 9.25. The van der Waals surface area contributed by atoms with Crippen LogP contribution >= 0.6 is 0 Å². The van der Waals surface area contributed by atoms with Gasteiger partial charge >= 0.3 is 0 Å². The van der Waals surface area contributed by atoms with Crippen molar-refractivity contribution >= 4 is 10.0 Å². The van der Waals surface area contributed by atoms with Gasteiger partial charge in [0.25, 0.3) is 0 Å². The molecular formula is C22H33NO4S. The largest absolute Gasteiger partial charge is 0.493 e. The standard InChI is InChI=1S/C22H33NO4S/c1-22-12-10-17(11-13-22)26-15-18-16(6-5-8-20(18)23-28(2,24)25)14-27-21-9-4-3-7-19(21)22/h3-4,7,9,16-18,20,23H,5-6,8,10-15H2,1-2H3/t16?,17-,18-,20+,22-/m1/s1. The highest BCUT2D eigenvalue weighted by Gasteiger charge is 2.39. The van der Waals surface area contributed by atoms with Crippen molar-refractivity contribution in [1.29, 1.82) is 0 Å². The first-order valence-corrected chi connectivity index (χ1v) is 12.5. The minimum Gasteiger partial charge on any atom is -0.493 e. The van der Waals surface area contributed by atoms with E-state index in [-0.39, 0.29) is 23.5 Å².